The predicted octanol–water partition coefficient (Wildman–Crippen LogP) is 3.30. The van der Waals surface area contributed by atoms with Crippen LogP contribution in [0, 0.1) is 5.41 Å². The molecule has 4 unspecified atom stereocenters. The Kier molecular flexibility index (Phi) is 3.74. The van der Waals surface area contributed by atoms with Crippen LogP contribution in [-0.4, -0.2) is 25.4 Å². The largest absolute Gasteiger partial charge is 0.491 e. The van der Waals surface area contributed by atoms with Gasteiger partial charge in [-0.05, 0) is 25.8 Å². The third-order valence-corrected chi connectivity index (χ3v) is 5.21. The Labute approximate surface area is 121 Å². The molecule has 4 atom stereocenters. The molecule has 1 aromatic rings. The number of hydrogen-bond donors (Lipinski definition) is 1. The summed E-state index contributed by atoms with van der Waals surface area (Å²) in [5.41, 5.74) is 1.54. The number of para-hydroxylation sites is 1. The second-order valence-electron chi connectivity index (χ2n) is 6.16. The second-order valence-corrected chi connectivity index (χ2v) is 6.16. The lowest BCUT2D eigenvalue weighted by atomic mass is 9.61. The van der Waals surface area contributed by atoms with Crippen LogP contribution in [0.2, 0.25) is 0 Å². The van der Waals surface area contributed by atoms with Gasteiger partial charge in [-0.25, -0.2) is 0 Å². The number of ether oxygens (including phenoxy) is 2. The molecule has 1 heterocycles. The van der Waals surface area contributed by atoms with Crippen LogP contribution in [0.4, 0.5) is 0 Å². The van der Waals surface area contributed by atoms with Crippen LogP contribution in [0.15, 0.2) is 24.3 Å². The molecule has 2 aliphatic rings. The second kappa shape index (κ2) is 5.38. The lowest BCUT2D eigenvalue weighted by Crippen LogP contribution is -2.62. The van der Waals surface area contributed by atoms with Gasteiger partial charge in [0.2, 0.25) is 0 Å². The molecular weight excluding hydrogens is 250 g/mol. The van der Waals surface area contributed by atoms with Crippen molar-refractivity contribution in [2.24, 2.45) is 5.41 Å². The zero-order chi connectivity index (χ0) is 14.2. The average Bonchev–Trinajstić information content (AvgIpc) is 2.88. The number of hydrogen-bond acceptors (Lipinski definition) is 3. The van der Waals surface area contributed by atoms with E-state index in [1.165, 1.54) is 5.56 Å². The van der Waals surface area contributed by atoms with Crippen molar-refractivity contribution < 1.29 is 9.47 Å². The predicted molar refractivity (Wildman–Crippen MR) is 80.0 cm³/mol. The highest BCUT2D eigenvalue weighted by atomic mass is 16.5. The minimum atomic E-state index is 0.244. The molecule has 0 amide bonds. The molecule has 1 aliphatic heterocycles. The van der Waals surface area contributed by atoms with E-state index in [-0.39, 0.29) is 5.41 Å². The Bertz CT molecular complexity index is 476. The van der Waals surface area contributed by atoms with Gasteiger partial charge in [0, 0.05) is 23.6 Å². The monoisotopic (exact) mass is 275 g/mol. The first-order valence-corrected chi connectivity index (χ1v) is 7.78. The van der Waals surface area contributed by atoms with Gasteiger partial charge in [-0.2, -0.15) is 0 Å². The Balaban J connectivity index is 1.68. The molecule has 1 saturated carbocycles. The Hall–Kier alpha value is -1.06. The van der Waals surface area contributed by atoms with Crippen LogP contribution in [-0.2, 0) is 4.74 Å². The zero-order valence-corrected chi connectivity index (χ0v) is 12.7. The summed E-state index contributed by atoms with van der Waals surface area (Å²) in [6.45, 7) is 8.24. The minimum Gasteiger partial charge on any atom is -0.491 e. The van der Waals surface area contributed by atoms with Gasteiger partial charge in [0.15, 0.2) is 0 Å². The average molecular weight is 275 g/mol. The highest BCUT2D eigenvalue weighted by Crippen LogP contribution is 2.47. The molecule has 3 rings (SSSR count). The summed E-state index contributed by atoms with van der Waals surface area (Å²) in [4.78, 5) is 0. The highest BCUT2D eigenvalue weighted by Gasteiger charge is 2.51. The highest BCUT2D eigenvalue weighted by molar-refractivity contribution is 5.39. The lowest BCUT2D eigenvalue weighted by molar-refractivity contribution is -0.128. The van der Waals surface area contributed by atoms with Crippen LogP contribution >= 0.6 is 0 Å². The lowest BCUT2D eigenvalue weighted by Gasteiger charge is -2.54. The van der Waals surface area contributed by atoms with Crippen molar-refractivity contribution >= 4 is 0 Å². The quantitative estimate of drug-likeness (QED) is 0.894. The van der Waals surface area contributed by atoms with Crippen molar-refractivity contribution in [2.45, 2.75) is 51.8 Å². The fourth-order valence-corrected chi connectivity index (χ4v) is 3.55. The smallest absolute Gasteiger partial charge is 0.124 e. The van der Waals surface area contributed by atoms with E-state index in [1.54, 1.807) is 0 Å². The summed E-state index contributed by atoms with van der Waals surface area (Å²) in [6.07, 6.45) is 2.65. The molecule has 20 heavy (non-hydrogen) atoms. The standard InChI is InChI=1S/C17H25NO2/c1-4-17(3)15(10-16(17)19-5-2)18-13-11-20-14-9-7-6-8-12(13)14/h6-9,13,15-16,18H,4-5,10-11H2,1-3H3. The van der Waals surface area contributed by atoms with Crippen LogP contribution < -0.4 is 10.1 Å². The maximum absolute atomic E-state index is 5.88. The Morgan fingerprint density at radius 1 is 1.35 bits per heavy atom. The number of rotatable bonds is 5. The molecule has 110 valence electrons. The Morgan fingerprint density at radius 2 is 2.15 bits per heavy atom. The fraction of sp³-hybridized carbons (Fsp3) is 0.647. The molecule has 0 aromatic heterocycles. The van der Waals surface area contributed by atoms with Crippen LogP contribution in [0.1, 0.15) is 45.2 Å². The topological polar surface area (TPSA) is 30.5 Å². The first-order chi connectivity index (χ1) is 9.69. The molecule has 1 aliphatic carbocycles. The van der Waals surface area contributed by atoms with E-state index >= 15 is 0 Å². The zero-order valence-electron chi connectivity index (χ0n) is 12.7. The molecular formula is C17H25NO2. The van der Waals surface area contributed by atoms with E-state index < -0.39 is 0 Å². The molecule has 1 aromatic carbocycles. The normalized spacial score (nSPS) is 35.2. The third kappa shape index (κ3) is 2.13. The molecule has 0 radical (unpaired) electrons. The first-order valence-electron chi connectivity index (χ1n) is 7.78. The molecule has 3 nitrogen and oxygen atoms in total. The van der Waals surface area contributed by atoms with Crippen LogP contribution in [0.3, 0.4) is 0 Å². The van der Waals surface area contributed by atoms with Gasteiger partial charge in [-0.1, -0.05) is 32.0 Å². The van der Waals surface area contributed by atoms with Crippen molar-refractivity contribution in [3.63, 3.8) is 0 Å². The molecule has 0 bridgehead atoms. The van der Waals surface area contributed by atoms with Crippen molar-refractivity contribution in [3.05, 3.63) is 29.8 Å². The fourth-order valence-electron chi connectivity index (χ4n) is 3.55. The summed E-state index contributed by atoms with van der Waals surface area (Å²) < 4.78 is 11.6. The molecule has 1 N–H and O–H groups in total. The van der Waals surface area contributed by atoms with Crippen LogP contribution in [0.5, 0.6) is 5.75 Å². The summed E-state index contributed by atoms with van der Waals surface area (Å²) in [5, 5.41) is 3.80. The summed E-state index contributed by atoms with van der Waals surface area (Å²) in [7, 11) is 0. The molecule has 3 heteroatoms. The molecule has 0 saturated heterocycles. The minimum absolute atomic E-state index is 0.244. The summed E-state index contributed by atoms with van der Waals surface area (Å²) >= 11 is 0. The third-order valence-electron chi connectivity index (χ3n) is 5.21. The van der Waals surface area contributed by atoms with E-state index in [0.29, 0.717) is 18.2 Å². The van der Waals surface area contributed by atoms with E-state index in [1.807, 2.05) is 6.07 Å². The van der Waals surface area contributed by atoms with E-state index in [4.69, 9.17) is 9.47 Å². The van der Waals surface area contributed by atoms with E-state index in [0.717, 1.165) is 31.8 Å². The van der Waals surface area contributed by atoms with Gasteiger partial charge >= 0.3 is 0 Å². The van der Waals surface area contributed by atoms with Gasteiger partial charge in [-0.3, -0.25) is 0 Å². The van der Waals surface area contributed by atoms with Gasteiger partial charge in [-0.15, -0.1) is 0 Å². The van der Waals surface area contributed by atoms with Gasteiger partial charge in [0.1, 0.15) is 12.4 Å². The summed E-state index contributed by atoms with van der Waals surface area (Å²) in [6, 6.07) is 9.19. The summed E-state index contributed by atoms with van der Waals surface area (Å²) in [5.74, 6) is 1.03. The van der Waals surface area contributed by atoms with Crippen LogP contribution in [0.25, 0.3) is 0 Å². The number of fused-ring (bicyclic) bond motifs is 1. The van der Waals surface area contributed by atoms with Gasteiger partial charge in [0.05, 0.1) is 12.1 Å². The van der Waals surface area contributed by atoms with Crippen molar-refractivity contribution in [2.75, 3.05) is 13.2 Å². The van der Waals surface area contributed by atoms with Crippen molar-refractivity contribution in [3.8, 4) is 5.75 Å². The van der Waals surface area contributed by atoms with Crippen molar-refractivity contribution in [1.82, 2.24) is 5.32 Å². The SMILES string of the molecule is CCOC1CC(NC2COc3ccccc32)C1(C)CC. The van der Waals surface area contributed by atoms with E-state index in [9.17, 15) is 0 Å². The molecule has 1 fully saturated rings. The van der Waals surface area contributed by atoms with Crippen molar-refractivity contribution in [1.29, 1.82) is 0 Å². The number of nitrogens with one attached hydrogen (secondary N) is 1. The number of benzene rings is 1. The Morgan fingerprint density at radius 3 is 2.90 bits per heavy atom. The maximum Gasteiger partial charge on any atom is 0.124 e. The van der Waals surface area contributed by atoms with E-state index in [2.05, 4.69) is 44.3 Å². The maximum atomic E-state index is 5.88. The molecule has 0 spiro atoms. The van der Waals surface area contributed by atoms with Gasteiger partial charge < -0.3 is 14.8 Å². The van der Waals surface area contributed by atoms with Gasteiger partial charge in [0.25, 0.3) is 0 Å². The first kappa shape index (κ1) is 13.9.